The van der Waals surface area contributed by atoms with E-state index >= 15 is 0 Å². The number of anilines is 1. The van der Waals surface area contributed by atoms with Gasteiger partial charge in [-0.1, -0.05) is 12.1 Å². The van der Waals surface area contributed by atoms with Crippen LogP contribution in [0.2, 0.25) is 0 Å². The van der Waals surface area contributed by atoms with Crippen LogP contribution in [0.3, 0.4) is 0 Å². The number of hydrogen-bond donors (Lipinski definition) is 4. The lowest BCUT2D eigenvalue weighted by molar-refractivity contribution is -0.122. The second-order valence-corrected chi connectivity index (χ2v) is 5.99. The maximum Gasteiger partial charge on any atom is 0.492 e. The zero-order valence-electron chi connectivity index (χ0n) is 15.8. The summed E-state index contributed by atoms with van der Waals surface area (Å²) in [4.78, 5) is 12.6. The van der Waals surface area contributed by atoms with Crippen molar-refractivity contribution >= 4 is 35.6 Å². The highest BCUT2D eigenvalue weighted by molar-refractivity contribution is 6.60. The number of fused-ring (bicyclic) bond motifs is 1. The van der Waals surface area contributed by atoms with Crippen molar-refractivity contribution in [3.63, 3.8) is 0 Å². The van der Waals surface area contributed by atoms with E-state index in [1.54, 1.807) is 12.1 Å². The number of nitrogens with zero attached hydrogens (tertiary/aromatic N) is 3. The van der Waals surface area contributed by atoms with Gasteiger partial charge in [0.25, 0.3) is 6.47 Å². The molecule has 2 aromatic carbocycles. The predicted octanol–water partition coefficient (Wildman–Crippen LogP) is 0.923. The summed E-state index contributed by atoms with van der Waals surface area (Å²) in [5, 5.41) is 35.1. The molecule has 2 heterocycles. The smallest absolute Gasteiger partial charge is 0.492 e. The first-order valence-corrected chi connectivity index (χ1v) is 8.57. The number of methoxy groups -OCH3 is 1. The van der Waals surface area contributed by atoms with Crippen LogP contribution in [0.25, 0.3) is 33.5 Å². The third-order valence-corrected chi connectivity index (χ3v) is 4.29. The van der Waals surface area contributed by atoms with Crippen molar-refractivity contribution in [3.8, 4) is 28.3 Å². The first-order valence-electron chi connectivity index (χ1n) is 8.57. The molecule has 0 aliphatic rings. The van der Waals surface area contributed by atoms with Crippen molar-refractivity contribution in [1.29, 1.82) is 0 Å². The quantitative estimate of drug-likeness (QED) is 0.282. The lowest BCUT2D eigenvalue weighted by Gasteiger charge is -2.14. The molecular weight excluding hydrogens is 391 g/mol. The van der Waals surface area contributed by atoms with Crippen molar-refractivity contribution in [1.82, 2.24) is 15.2 Å². The van der Waals surface area contributed by atoms with Gasteiger partial charge in [-0.05, 0) is 29.3 Å². The van der Waals surface area contributed by atoms with Crippen LogP contribution in [0.4, 0.5) is 5.69 Å². The van der Waals surface area contributed by atoms with E-state index < -0.39 is 7.12 Å². The van der Waals surface area contributed by atoms with E-state index in [0.717, 1.165) is 10.9 Å². The molecular formula is C19H17BN4O6. The van der Waals surface area contributed by atoms with Gasteiger partial charge in [-0.15, -0.1) is 0 Å². The zero-order chi connectivity index (χ0) is 21.7. The molecule has 0 amide bonds. The SMILES string of the molecule is COc1cc(-c2ncco2)c(-c2ccc3c(N)cnnc3c2)cc1B(O)O.O=CO. The van der Waals surface area contributed by atoms with Crippen LogP contribution in [-0.4, -0.2) is 51.0 Å². The first kappa shape index (κ1) is 20.8. The van der Waals surface area contributed by atoms with Gasteiger partial charge in [-0.2, -0.15) is 10.2 Å². The summed E-state index contributed by atoms with van der Waals surface area (Å²) in [5.41, 5.74) is 9.39. The summed E-state index contributed by atoms with van der Waals surface area (Å²) >= 11 is 0. The van der Waals surface area contributed by atoms with Crippen LogP contribution in [0, 0.1) is 0 Å². The van der Waals surface area contributed by atoms with E-state index in [2.05, 4.69) is 15.2 Å². The molecule has 0 fully saturated rings. The summed E-state index contributed by atoms with van der Waals surface area (Å²) < 4.78 is 10.7. The number of oxazole rings is 1. The van der Waals surface area contributed by atoms with Gasteiger partial charge in [0.2, 0.25) is 5.89 Å². The van der Waals surface area contributed by atoms with E-state index in [1.807, 2.05) is 18.2 Å². The van der Waals surface area contributed by atoms with Gasteiger partial charge in [0.05, 0.1) is 30.7 Å². The predicted molar refractivity (Wildman–Crippen MR) is 110 cm³/mol. The van der Waals surface area contributed by atoms with E-state index in [0.29, 0.717) is 34.0 Å². The number of nitrogen functional groups attached to an aromatic ring is 1. The zero-order valence-corrected chi connectivity index (χ0v) is 15.8. The molecule has 11 heteroatoms. The normalized spacial score (nSPS) is 10.2. The van der Waals surface area contributed by atoms with E-state index in [-0.39, 0.29) is 11.9 Å². The summed E-state index contributed by atoms with van der Waals surface area (Å²) in [5.74, 6) is 0.688. The largest absolute Gasteiger partial charge is 0.497 e. The molecule has 152 valence electrons. The molecule has 2 aromatic heterocycles. The molecule has 0 spiro atoms. The maximum absolute atomic E-state index is 9.73. The fraction of sp³-hybridized carbons (Fsp3) is 0.0526. The first-order chi connectivity index (χ1) is 14.5. The average molecular weight is 408 g/mol. The monoisotopic (exact) mass is 408 g/mol. The highest BCUT2D eigenvalue weighted by Crippen LogP contribution is 2.35. The number of carbonyl (C=O) groups is 1. The Kier molecular flexibility index (Phi) is 6.25. The molecule has 4 aromatic rings. The van der Waals surface area contributed by atoms with Gasteiger partial charge in [-0.3, -0.25) is 4.79 Å². The molecule has 30 heavy (non-hydrogen) atoms. The Hall–Kier alpha value is -3.96. The number of nitrogens with two attached hydrogens (primary N) is 1. The van der Waals surface area contributed by atoms with Gasteiger partial charge in [-0.25, -0.2) is 4.98 Å². The van der Waals surface area contributed by atoms with Crippen LogP contribution in [0.1, 0.15) is 0 Å². The highest BCUT2D eigenvalue weighted by atomic mass is 16.5. The fourth-order valence-corrected chi connectivity index (χ4v) is 3.00. The molecule has 10 nitrogen and oxygen atoms in total. The Labute approximate surface area is 170 Å². The second kappa shape index (κ2) is 9.03. The molecule has 5 N–H and O–H groups in total. The number of benzene rings is 2. The van der Waals surface area contributed by atoms with Crippen LogP contribution < -0.4 is 15.9 Å². The van der Waals surface area contributed by atoms with Crippen molar-refractivity contribution < 1.29 is 29.1 Å². The van der Waals surface area contributed by atoms with Crippen molar-refractivity contribution in [3.05, 3.63) is 49.0 Å². The average Bonchev–Trinajstić information content (AvgIpc) is 3.28. The molecule has 0 atom stereocenters. The molecule has 0 bridgehead atoms. The van der Waals surface area contributed by atoms with Gasteiger partial charge in [0, 0.05) is 16.4 Å². The van der Waals surface area contributed by atoms with Crippen LogP contribution >= 0.6 is 0 Å². The van der Waals surface area contributed by atoms with Crippen LogP contribution in [0.15, 0.2) is 53.4 Å². The minimum atomic E-state index is -1.70. The Morgan fingerprint density at radius 3 is 2.60 bits per heavy atom. The number of aromatic nitrogens is 3. The van der Waals surface area contributed by atoms with Crippen LogP contribution in [0.5, 0.6) is 5.75 Å². The minimum absolute atomic E-state index is 0.224. The fourth-order valence-electron chi connectivity index (χ4n) is 3.00. The lowest BCUT2D eigenvalue weighted by atomic mass is 9.77. The summed E-state index contributed by atoms with van der Waals surface area (Å²) in [6.45, 7) is -0.250. The summed E-state index contributed by atoms with van der Waals surface area (Å²) in [7, 11) is -0.248. The maximum atomic E-state index is 9.73. The molecule has 0 unspecified atom stereocenters. The summed E-state index contributed by atoms with van der Waals surface area (Å²) in [6.07, 6.45) is 4.49. The third-order valence-electron chi connectivity index (χ3n) is 4.29. The number of rotatable bonds is 4. The van der Waals surface area contributed by atoms with Crippen molar-refractivity contribution in [2.75, 3.05) is 12.8 Å². The highest BCUT2D eigenvalue weighted by Gasteiger charge is 2.23. The van der Waals surface area contributed by atoms with Crippen molar-refractivity contribution in [2.45, 2.75) is 0 Å². The Bertz CT molecular complexity index is 1170. The molecule has 4 rings (SSSR count). The minimum Gasteiger partial charge on any atom is -0.497 e. The van der Waals surface area contributed by atoms with Gasteiger partial charge >= 0.3 is 7.12 Å². The van der Waals surface area contributed by atoms with Crippen molar-refractivity contribution in [2.24, 2.45) is 0 Å². The Balaban J connectivity index is 0.000000806. The Morgan fingerprint density at radius 2 is 1.97 bits per heavy atom. The van der Waals surface area contributed by atoms with E-state index in [9.17, 15) is 10.0 Å². The lowest BCUT2D eigenvalue weighted by Crippen LogP contribution is -2.31. The topological polar surface area (TPSA) is 165 Å². The molecule has 0 saturated heterocycles. The third kappa shape index (κ3) is 4.07. The number of hydrogen-bond acceptors (Lipinski definition) is 9. The van der Waals surface area contributed by atoms with Gasteiger partial charge in [0.15, 0.2) is 0 Å². The molecule has 0 saturated carbocycles. The number of carboxylic acid groups (broad SMARTS) is 1. The standard InChI is InChI=1S/C18H15BN4O4.CH2O2/c1-26-17-8-13(18-21-4-5-27-18)12(7-14(17)19(24)25)10-2-3-11-15(20)9-22-23-16(11)6-10;2-1-3/h2-9,24-25H,1H3,(H2,20,23);1H,(H,2,3). The second-order valence-electron chi connectivity index (χ2n) is 5.99. The molecule has 0 radical (unpaired) electrons. The Morgan fingerprint density at radius 1 is 1.20 bits per heavy atom. The van der Waals surface area contributed by atoms with E-state index in [4.69, 9.17) is 24.8 Å². The van der Waals surface area contributed by atoms with Gasteiger partial charge < -0.3 is 30.0 Å². The van der Waals surface area contributed by atoms with Crippen LogP contribution in [-0.2, 0) is 4.79 Å². The number of ether oxygens (including phenoxy) is 1. The van der Waals surface area contributed by atoms with E-state index in [1.165, 1.54) is 25.8 Å². The molecule has 0 aliphatic heterocycles. The summed E-state index contributed by atoms with van der Waals surface area (Å²) in [6, 6.07) is 8.81. The van der Waals surface area contributed by atoms with Gasteiger partial charge in [0.1, 0.15) is 12.0 Å². The molecule has 0 aliphatic carbocycles.